The van der Waals surface area contributed by atoms with E-state index in [2.05, 4.69) is 20.8 Å². The Morgan fingerprint density at radius 2 is 1.91 bits per heavy atom. The quantitative estimate of drug-likeness (QED) is 0.609. The molecule has 168 valence electrons. The molecule has 0 bridgehead atoms. The highest BCUT2D eigenvalue weighted by Gasteiger charge is 2.31. The lowest BCUT2D eigenvalue weighted by atomic mass is 10.1. The van der Waals surface area contributed by atoms with Crippen molar-refractivity contribution in [3.8, 4) is 5.75 Å². The molecule has 2 aromatic carbocycles. The van der Waals surface area contributed by atoms with Gasteiger partial charge >= 0.3 is 0 Å². The molecule has 32 heavy (non-hydrogen) atoms. The molecule has 1 aromatic heterocycles. The molecule has 3 aliphatic heterocycles. The first-order chi connectivity index (χ1) is 15.5. The predicted octanol–water partition coefficient (Wildman–Crippen LogP) is 2.99. The molecule has 4 heterocycles. The number of ether oxygens (including phenoxy) is 1. The number of fused-ring (bicyclic) bond motifs is 3. The van der Waals surface area contributed by atoms with Crippen molar-refractivity contribution in [2.24, 2.45) is 0 Å². The molecule has 1 unspecified atom stereocenters. The molecule has 3 aliphatic rings. The highest BCUT2D eigenvalue weighted by Crippen LogP contribution is 2.35. The highest BCUT2D eigenvalue weighted by molar-refractivity contribution is 7.90. The molecule has 0 radical (unpaired) electrons. The monoisotopic (exact) mass is 452 g/mol. The van der Waals surface area contributed by atoms with Gasteiger partial charge in [-0.2, -0.15) is 0 Å². The summed E-state index contributed by atoms with van der Waals surface area (Å²) in [6.45, 7) is 5.61. The van der Waals surface area contributed by atoms with E-state index in [0.717, 1.165) is 42.9 Å². The first kappa shape index (κ1) is 19.9. The van der Waals surface area contributed by atoms with E-state index in [-0.39, 0.29) is 4.90 Å². The number of rotatable bonds is 3. The Morgan fingerprint density at radius 1 is 1.00 bits per heavy atom. The van der Waals surface area contributed by atoms with Crippen molar-refractivity contribution in [1.82, 2.24) is 8.87 Å². The Balaban J connectivity index is 1.37. The number of aromatic nitrogens is 1. The zero-order valence-electron chi connectivity index (χ0n) is 18.3. The highest BCUT2D eigenvalue weighted by atomic mass is 32.2. The van der Waals surface area contributed by atoms with E-state index in [1.807, 2.05) is 31.3 Å². The third kappa shape index (κ3) is 3.16. The van der Waals surface area contributed by atoms with E-state index in [4.69, 9.17) is 4.74 Å². The third-order valence-corrected chi connectivity index (χ3v) is 8.86. The van der Waals surface area contributed by atoms with Gasteiger partial charge in [-0.3, -0.25) is 4.90 Å². The van der Waals surface area contributed by atoms with E-state index >= 15 is 0 Å². The summed E-state index contributed by atoms with van der Waals surface area (Å²) in [6.07, 6.45) is 4.18. The van der Waals surface area contributed by atoms with Crippen molar-refractivity contribution >= 4 is 32.3 Å². The summed E-state index contributed by atoms with van der Waals surface area (Å²) in [6, 6.07) is 13.8. The van der Waals surface area contributed by atoms with Crippen molar-refractivity contribution in [3.63, 3.8) is 0 Å². The van der Waals surface area contributed by atoms with Crippen LogP contribution < -0.4 is 14.5 Å². The van der Waals surface area contributed by atoms with Gasteiger partial charge in [0, 0.05) is 56.1 Å². The largest absolute Gasteiger partial charge is 0.490 e. The van der Waals surface area contributed by atoms with Crippen LogP contribution in [0.3, 0.4) is 0 Å². The van der Waals surface area contributed by atoms with E-state index < -0.39 is 10.0 Å². The third-order valence-electron chi connectivity index (χ3n) is 7.18. The van der Waals surface area contributed by atoms with Crippen molar-refractivity contribution in [2.45, 2.75) is 23.8 Å². The predicted molar refractivity (Wildman–Crippen MR) is 127 cm³/mol. The summed E-state index contributed by atoms with van der Waals surface area (Å²) in [5.74, 6) is 0.617. The van der Waals surface area contributed by atoms with E-state index in [1.165, 1.54) is 23.4 Å². The number of likely N-dealkylation sites (N-methyl/N-ethyl adjacent to an activating group) is 1. The van der Waals surface area contributed by atoms with E-state index in [1.54, 1.807) is 18.3 Å². The lowest BCUT2D eigenvalue weighted by Gasteiger charge is -2.38. The SMILES string of the molecule is CN1CCOc2cc(S(=O)(=O)n3ccc4ccc(N5CCN6CCCC6C5)cc43)ccc21. The number of piperazine rings is 1. The molecule has 0 saturated carbocycles. The Labute approximate surface area is 188 Å². The second-order valence-electron chi connectivity index (χ2n) is 9.04. The van der Waals surface area contributed by atoms with Crippen LogP contribution in [0.15, 0.2) is 53.6 Å². The van der Waals surface area contributed by atoms with Gasteiger partial charge < -0.3 is 14.5 Å². The van der Waals surface area contributed by atoms with Crippen LogP contribution in [0.4, 0.5) is 11.4 Å². The fraction of sp³-hybridized carbons (Fsp3) is 0.417. The summed E-state index contributed by atoms with van der Waals surface area (Å²) in [7, 11) is -1.76. The molecule has 3 aromatic rings. The minimum atomic E-state index is -3.74. The van der Waals surface area contributed by atoms with Gasteiger partial charge in [-0.1, -0.05) is 6.07 Å². The molecule has 0 N–H and O–H groups in total. The number of benzene rings is 2. The van der Waals surface area contributed by atoms with E-state index in [9.17, 15) is 8.42 Å². The molecule has 1 atom stereocenters. The minimum absolute atomic E-state index is 0.244. The van der Waals surface area contributed by atoms with Gasteiger partial charge in [-0.05, 0) is 49.7 Å². The Morgan fingerprint density at radius 3 is 2.81 bits per heavy atom. The lowest BCUT2D eigenvalue weighted by Crippen LogP contribution is -2.50. The standard InChI is InChI=1S/C24H28N4O3S/c1-25-13-14-31-24-16-21(6-7-22(24)25)32(29,30)28-10-8-18-4-5-19(15-23(18)28)27-12-11-26-9-2-3-20(26)17-27/h4-8,10,15-16,20H,2-3,9,11-14,17H2,1H3. The maximum Gasteiger partial charge on any atom is 0.268 e. The normalized spacial score (nSPS) is 21.5. The zero-order chi connectivity index (χ0) is 21.9. The molecule has 0 aliphatic carbocycles. The fourth-order valence-corrected chi connectivity index (χ4v) is 6.70. The maximum absolute atomic E-state index is 13.6. The van der Waals surface area contributed by atoms with Crippen molar-refractivity contribution in [1.29, 1.82) is 0 Å². The number of nitrogens with zero attached hydrogens (tertiary/aromatic N) is 4. The molecule has 7 nitrogen and oxygen atoms in total. The van der Waals surface area contributed by atoms with Gasteiger partial charge in [0.2, 0.25) is 0 Å². The van der Waals surface area contributed by atoms with Crippen LogP contribution in [0.1, 0.15) is 12.8 Å². The van der Waals surface area contributed by atoms with Crippen molar-refractivity contribution in [2.75, 3.05) is 56.2 Å². The van der Waals surface area contributed by atoms with Crippen LogP contribution in [-0.4, -0.2) is 69.7 Å². The number of hydrogen-bond donors (Lipinski definition) is 0. The minimum Gasteiger partial charge on any atom is -0.490 e. The molecule has 2 fully saturated rings. The summed E-state index contributed by atoms with van der Waals surface area (Å²) in [5.41, 5.74) is 2.72. The summed E-state index contributed by atoms with van der Waals surface area (Å²) >= 11 is 0. The smallest absolute Gasteiger partial charge is 0.268 e. The zero-order valence-corrected chi connectivity index (χ0v) is 19.1. The van der Waals surface area contributed by atoms with Crippen LogP contribution in [0.25, 0.3) is 10.9 Å². The average molecular weight is 453 g/mol. The van der Waals surface area contributed by atoms with Crippen LogP contribution in [-0.2, 0) is 10.0 Å². The van der Waals surface area contributed by atoms with Crippen LogP contribution in [0.5, 0.6) is 5.75 Å². The molecule has 6 rings (SSSR count). The van der Waals surface area contributed by atoms with Gasteiger partial charge in [0.15, 0.2) is 0 Å². The van der Waals surface area contributed by atoms with Gasteiger partial charge in [0.1, 0.15) is 12.4 Å². The van der Waals surface area contributed by atoms with Gasteiger partial charge in [0.05, 0.1) is 22.6 Å². The summed E-state index contributed by atoms with van der Waals surface area (Å²) < 4.78 is 34.3. The molecular weight excluding hydrogens is 424 g/mol. The molecule has 0 amide bonds. The maximum atomic E-state index is 13.6. The number of hydrogen-bond acceptors (Lipinski definition) is 6. The Kier molecular flexibility index (Phi) is 4.62. The average Bonchev–Trinajstić information content (AvgIpc) is 3.45. The topological polar surface area (TPSA) is 58.0 Å². The molecule has 2 saturated heterocycles. The number of anilines is 2. The van der Waals surface area contributed by atoms with E-state index in [0.29, 0.717) is 23.9 Å². The second-order valence-corrected chi connectivity index (χ2v) is 10.9. The van der Waals surface area contributed by atoms with Crippen LogP contribution >= 0.6 is 0 Å². The van der Waals surface area contributed by atoms with Gasteiger partial charge in [0.25, 0.3) is 10.0 Å². The molecular formula is C24H28N4O3S. The van der Waals surface area contributed by atoms with Crippen molar-refractivity contribution in [3.05, 3.63) is 48.7 Å². The summed E-state index contributed by atoms with van der Waals surface area (Å²) in [5, 5.41) is 0.922. The van der Waals surface area contributed by atoms with Crippen molar-refractivity contribution < 1.29 is 13.2 Å². The van der Waals surface area contributed by atoms with Crippen LogP contribution in [0.2, 0.25) is 0 Å². The first-order valence-corrected chi connectivity index (χ1v) is 12.8. The lowest BCUT2D eigenvalue weighted by molar-refractivity contribution is 0.231. The first-order valence-electron chi connectivity index (χ1n) is 11.3. The van der Waals surface area contributed by atoms with Crippen LogP contribution in [0, 0.1) is 0 Å². The van der Waals surface area contributed by atoms with Gasteiger partial charge in [-0.15, -0.1) is 0 Å². The Hall–Kier alpha value is -2.71. The fourth-order valence-electron chi connectivity index (χ4n) is 5.34. The Bertz CT molecular complexity index is 1290. The summed E-state index contributed by atoms with van der Waals surface area (Å²) in [4.78, 5) is 7.31. The molecule has 8 heteroatoms. The molecule has 0 spiro atoms. The van der Waals surface area contributed by atoms with Gasteiger partial charge in [-0.25, -0.2) is 12.4 Å². The second kappa shape index (κ2) is 7.42.